The molecule has 3 aromatic carbocycles. The summed E-state index contributed by atoms with van der Waals surface area (Å²) in [6.45, 7) is 2.39. The Morgan fingerprint density at radius 3 is 1.33 bits per heavy atom. The third kappa shape index (κ3) is 4.11. The summed E-state index contributed by atoms with van der Waals surface area (Å²) in [5.41, 5.74) is 0. The molecule has 0 saturated heterocycles. The molecule has 0 bridgehead atoms. The first-order valence-corrected chi connectivity index (χ1v) is 12.1. The van der Waals surface area contributed by atoms with Gasteiger partial charge in [0.2, 0.25) is 0 Å². The van der Waals surface area contributed by atoms with Gasteiger partial charge in [-0.1, -0.05) is 0 Å². The maximum atomic E-state index is 7.01. The van der Waals surface area contributed by atoms with Crippen molar-refractivity contribution in [1.82, 2.24) is 0 Å². The van der Waals surface area contributed by atoms with E-state index in [0.717, 1.165) is 13.0 Å². The molecule has 0 aliphatic heterocycles. The third-order valence-corrected chi connectivity index (χ3v) is 10.7. The molecular formula is C24H30ClOP. The van der Waals surface area contributed by atoms with Gasteiger partial charge in [0.15, 0.2) is 0 Å². The second kappa shape index (κ2) is 9.51. The average molecular weight is 401 g/mol. The Balaban J connectivity index is 0.00000261. The van der Waals surface area contributed by atoms with Crippen LogP contribution in [-0.4, -0.2) is 13.3 Å². The van der Waals surface area contributed by atoms with Crippen LogP contribution in [0.4, 0.5) is 0 Å². The van der Waals surface area contributed by atoms with Crippen molar-refractivity contribution < 1.29 is 4.52 Å². The molecule has 0 spiro atoms. The Labute approximate surface area is 170 Å². The van der Waals surface area contributed by atoms with E-state index in [9.17, 15) is 0 Å². The Kier molecular flexibility index (Phi) is 7.62. The molecule has 0 aromatic heterocycles. The molecule has 3 heteroatoms. The molecule has 0 unspecified atom stereocenters. The molecule has 0 aliphatic carbocycles. The molecule has 0 amide bonds. The van der Waals surface area contributed by atoms with E-state index in [1.165, 1.54) is 28.8 Å². The maximum Gasteiger partial charge on any atom is -0.147 e. The predicted octanol–water partition coefficient (Wildman–Crippen LogP) is 5.69. The van der Waals surface area contributed by atoms with Crippen LogP contribution < -0.4 is 15.9 Å². The van der Waals surface area contributed by atoms with Crippen LogP contribution in [0, 0.1) is 0 Å². The number of rotatable bonds is 8. The monoisotopic (exact) mass is 400 g/mol. The van der Waals surface area contributed by atoms with Gasteiger partial charge < -0.3 is 0 Å². The fraction of sp³-hybridized carbons (Fsp3) is 0.250. The molecule has 0 radical (unpaired) electrons. The Morgan fingerprint density at radius 2 is 1.00 bits per heavy atom. The molecule has 3 rings (SSSR count). The predicted molar refractivity (Wildman–Crippen MR) is 124 cm³/mol. The first-order valence-electron chi connectivity index (χ1n) is 9.53. The van der Waals surface area contributed by atoms with Gasteiger partial charge in [0.1, 0.15) is 0 Å². The number of hydrogen-bond donors (Lipinski definition) is 0. The van der Waals surface area contributed by atoms with E-state index >= 15 is 0 Å². The van der Waals surface area contributed by atoms with Crippen molar-refractivity contribution in [1.29, 1.82) is 0 Å². The summed E-state index contributed by atoms with van der Waals surface area (Å²) in [5.74, 6) is 0. The zero-order valence-corrected chi connectivity index (χ0v) is 18.0. The van der Waals surface area contributed by atoms with E-state index in [4.69, 9.17) is 4.52 Å². The first-order chi connectivity index (χ1) is 12.7. The zero-order chi connectivity index (χ0) is 18.3. The van der Waals surface area contributed by atoms with Crippen molar-refractivity contribution in [3.05, 3.63) is 91.0 Å². The van der Waals surface area contributed by atoms with Gasteiger partial charge in [-0.25, -0.2) is 0 Å². The second-order valence-corrected chi connectivity index (χ2v) is 11.7. The summed E-state index contributed by atoms with van der Waals surface area (Å²) in [5, 5.41) is 3.85. The van der Waals surface area contributed by atoms with E-state index in [1.54, 1.807) is 0 Å². The molecule has 144 valence electrons. The van der Waals surface area contributed by atoms with E-state index in [1.807, 2.05) is 0 Å². The average Bonchev–Trinajstić information content (AvgIpc) is 2.73. The Bertz CT molecular complexity index is 706. The SMILES string of the molecule is CCCCCOP(C)(c1ccccc1)(c1ccccc1)c1ccccc1.Cl. The summed E-state index contributed by atoms with van der Waals surface area (Å²) in [7, 11) is 0. The van der Waals surface area contributed by atoms with Crippen LogP contribution in [0.1, 0.15) is 26.2 Å². The van der Waals surface area contributed by atoms with E-state index in [-0.39, 0.29) is 12.4 Å². The number of unbranched alkanes of at least 4 members (excludes halogenated alkanes) is 2. The molecule has 3 aromatic rings. The standard InChI is InChI=1S/C24H29OP.ClH/c1-3-4-14-21-25-26(2,22-15-8-5-9-16-22,23-17-10-6-11-18-23)24-19-12-7-13-20-24;/h5-13,15-20H,3-4,14,21H2,1-2H3;1H. The van der Waals surface area contributed by atoms with Gasteiger partial charge in [0.25, 0.3) is 0 Å². The second-order valence-electron chi connectivity index (χ2n) is 7.01. The third-order valence-electron chi connectivity index (χ3n) is 5.30. The minimum atomic E-state index is -2.98. The van der Waals surface area contributed by atoms with Crippen LogP contribution in [0.3, 0.4) is 0 Å². The molecular weight excluding hydrogens is 371 g/mol. The van der Waals surface area contributed by atoms with E-state index in [2.05, 4.69) is 105 Å². The Morgan fingerprint density at radius 1 is 0.630 bits per heavy atom. The summed E-state index contributed by atoms with van der Waals surface area (Å²) >= 11 is 0. The van der Waals surface area contributed by atoms with Gasteiger partial charge >= 0.3 is 158 Å². The normalized spacial score (nSPS) is 12.6. The van der Waals surface area contributed by atoms with Crippen molar-refractivity contribution in [2.45, 2.75) is 26.2 Å². The first kappa shape index (κ1) is 21.6. The minimum Gasteiger partial charge on any atom is -0.147 e. The fourth-order valence-corrected chi connectivity index (χ4v) is 8.27. The zero-order valence-electron chi connectivity index (χ0n) is 16.3. The Hall–Kier alpha value is -1.66. The molecule has 0 N–H and O–H groups in total. The van der Waals surface area contributed by atoms with Crippen molar-refractivity contribution in [2.75, 3.05) is 13.3 Å². The van der Waals surface area contributed by atoms with E-state index < -0.39 is 6.83 Å². The topological polar surface area (TPSA) is 9.23 Å². The summed E-state index contributed by atoms with van der Waals surface area (Å²) < 4.78 is 7.01. The van der Waals surface area contributed by atoms with Crippen LogP contribution in [0.15, 0.2) is 91.0 Å². The largest absolute Gasteiger partial charge is 0.147 e. The van der Waals surface area contributed by atoms with Crippen LogP contribution >= 0.6 is 19.2 Å². The van der Waals surface area contributed by atoms with Crippen LogP contribution in [0.5, 0.6) is 0 Å². The molecule has 0 aliphatic rings. The minimum absolute atomic E-state index is 0. The summed E-state index contributed by atoms with van der Waals surface area (Å²) in [4.78, 5) is 0. The van der Waals surface area contributed by atoms with Gasteiger partial charge in [0, 0.05) is 0 Å². The van der Waals surface area contributed by atoms with Crippen LogP contribution in [-0.2, 0) is 4.52 Å². The number of benzene rings is 3. The number of hydrogen-bond acceptors (Lipinski definition) is 1. The summed E-state index contributed by atoms with van der Waals surface area (Å²) in [6.07, 6.45) is 3.49. The number of halogens is 1. The van der Waals surface area contributed by atoms with Gasteiger partial charge in [0.05, 0.1) is 0 Å². The molecule has 1 nitrogen and oxygen atoms in total. The van der Waals surface area contributed by atoms with E-state index in [0.29, 0.717) is 0 Å². The smallest absolute Gasteiger partial charge is 0.147 e. The van der Waals surface area contributed by atoms with Crippen molar-refractivity contribution in [2.24, 2.45) is 0 Å². The van der Waals surface area contributed by atoms with Crippen molar-refractivity contribution in [3.8, 4) is 0 Å². The molecule has 0 fully saturated rings. The van der Waals surface area contributed by atoms with Gasteiger partial charge in [-0.2, -0.15) is 0 Å². The van der Waals surface area contributed by atoms with Gasteiger partial charge in [-0.3, -0.25) is 0 Å². The maximum absolute atomic E-state index is 7.01. The van der Waals surface area contributed by atoms with Gasteiger partial charge in [-0.15, -0.1) is 12.4 Å². The van der Waals surface area contributed by atoms with Crippen molar-refractivity contribution >= 4 is 35.2 Å². The van der Waals surface area contributed by atoms with Gasteiger partial charge in [-0.05, 0) is 0 Å². The van der Waals surface area contributed by atoms with Crippen LogP contribution in [0.25, 0.3) is 0 Å². The molecule has 0 heterocycles. The quantitative estimate of drug-likeness (QED) is 0.348. The fourth-order valence-electron chi connectivity index (χ4n) is 3.68. The molecule has 0 saturated carbocycles. The summed E-state index contributed by atoms with van der Waals surface area (Å²) in [6, 6.07) is 32.4. The molecule has 27 heavy (non-hydrogen) atoms. The molecule has 0 atom stereocenters. The van der Waals surface area contributed by atoms with Crippen molar-refractivity contribution in [3.63, 3.8) is 0 Å². The van der Waals surface area contributed by atoms with Crippen LogP contribution in [0.2, 0.25) is 0 Å².